The normalized spacial score (nSPS) is 19.7. The Balaban J connectivity index is 0.00000139. The molecule has 12 rings (SSSR count). The zero-order chi connectivity index (χ0) is 96.7. The summed E-state index contributed by atoms with van der Waals surface area (Å²) in [6, 6.07) is 40.7. The Hall–Kier alpha value is -3.80. The molecular weight excluding hydrogens is 1610 g/mol. The van der Waals surface area contributed by atoms with Gasteiger partial charge in [-0.15, -0.1) is 0 Å². The quantitative estimate of drug-likeness (QED) is 0.0399. The number of hydrogen-bond donors (Lipinski definition) is 0. The van der Waals surface area contributed by atoms with Crippen LogP contribution in [0.15, 0.2) is 121 Å². The maximum absolute atomic E-state index is 5.69. The Bertz CT molecular complexity index is 2910. The van der Waals surface area contributed by atoms with Crippen LogP contribution >= 0.6 is 0 Å². The van der Waals surface area contributed by atoms with Gasteiger partial charge >= 0.3 is 0 Å². The number of hydrogen-bond acceptors (Lipinski definition) is 13. The molecule has 8 aliphatic rings. The minimum absolute atomic E-state index is 0.0417. The van der Waals surface area contributed by atoms with Crippen molar-refractivity contribution in [1.29, 1.82) is 0 Å². The van der Waals surface area contributed by atoms with Crippen LogP contribution in [0.2, 0.25) is 0 Å². The molecule has 758 valence electrons. The highest BCUT2D eigenvalue weighted by Gasteiger charge is 2.40. The van der Waals surface area contributed by atoms with Crippen LogP contribution in [0.1, 0.15) is 409 Å². The van der Waals surface area contributed by atoms with Gasteiger partial charge in [-0.05, 0) is 351 Å². The van der Waals surface area contributed by atoms with E-state index in [9.17, 15) is 0 Å². The van der Waals surface area contributed by atoms with Gasteiger partial charge in [-0.2, -0.15) is 0 Å². The van der Waals surface area contributed by atoms with Crippen LogP contribution in [0.25, 0.3) is 0 Å². The predicted molar refractivity (Wildman–Crippen MR) is 557 cm³/mol. The molecule has 4 aromatic carbocycles. The Morgan fingerprint density at radius 1 is 0.331 bits per heavy atom. The van der Waals surface area contributed by atoms with Crippen LogP contribution in [0.3, 0.4) is 0 Å². The fraction of sp³-hybridized carbons (Fsp3) is 0.795. The number of benzene rings is 4. The van der Waals surface area contributed by atoms with Crippen molar-refractivity contribution in [3.63, 3.8) is 0 Å². The van der Waals surface area contributed by atoms with Gasteiger partial charge in [0.05, 0.1) is 86.0 Å². The molecule has 0 saturated heterocycles. The summed E-state index contributed by atoms with van der Waals surface area (Å²) in [5.41, 5.74) is 3.92. The van der Waals surface area contributed by atoms with Crippen molar-refractivity contribution in [3.05, 3.63) is 138 Å². The number of rotatable bonds is 37. The van der Waals surface area contributed by atoms with Crippen LogP contribution in [0.4, 0.5) is 0 Å². The number of ether oxygens (including phenoxy) is 13. The van der Waals surface area contributed by atoms with Gasteiger partial charge in [0.1, 0.15) is 5.75 Å². The molecule has 130 heavy (non-hydrogen) atoms. The van der Waals surface area contributed by atoms with Crippen molar-refractivity contribution < 1.29 is 61.6 Å². The minimum atomic E-state index is 0.0417. The van der Waals surface area contributed by atoms with E-state index in [-0.39, 0.29) is 17.3 Å². The van der Waals surface area contributed by atoms with Gasteiger partial charge in [0, 0.05) is 73.2 Å². The molecule has 8 saturated carbocycles. The predicted octanol–water partition coefficient (Wildman–Crippen LogP) is 32.6. The largest absolute Gasteiger partial charge is 0.491 e. The summed E-state index contributed by atoms with van der Waals surface area (Å²) in [7, 11) is 1.71. The topological polar surface area (TPSA) is 120 Å². The average molecular weight is 1830 g/mol. The van der Waals surface area contributed by atoms with E-state index in [2.05, 4.69) is 173 Å². The van der Waals surface area contributed by atoms with E-state index in [4.69, 9.17) is 61.6 Å². The SMILES string of the molecule is CC(C)OC1CCCC1.CC(C)OC1CCCCC1.CC(C)OCCc1ccccc1.CC(C)OCc1ccccc1.CC(C)Oc1ccccc1.CCC(C)OCc1ccccc1.CCCOC(C)CCC.CCOC(C)(C)C.CCOCC1CC2CCC1C2.CCOCC1CCCCC1.CCOCCC1CC2CCC1C2.CCOCCC1CCCCC1.COC(C)(C)C. The van der Waals surface area contributed by atoms with Crippen LogP contribution in [-0.4, -0.2) is 146 Å². The van der Waals surface area contributed by atoms with Crippen LogP contribution in [0, 0.1) is 47.3 Å². The lowest BCUT2D eigenvalue weighted by molar-refractivity contribution is -0.0118. The number of methoxy groups -OCH3 is 1. The number of para-hydroxylation sites is 1. The van der Waals surface area contributed by atoms with E-state index in [1.807, 2.05) is 128 Å². The van der Waals surface area contributed by atoms with Crippen LogP contribution in [0.5, 0.6) is 5.75 Å². The average Bonchev–Trinajstić information content (AvgIpc) is 1.69. The summed E-state index contributed by atoms with van der Waals surface area (Å²) in [4.78, 5) is 0. The first-order valence-corrected chi connectivity index (χ1v) is 53.5. The van der Waals surface area contributed by atoms with Crippen molar-refractivity contribution in [2.75, 3.05) is 79.8 Å². The first-order valence-electron chi connectivity index (χ1n) is 53.5. The standard InChI is InChI=1S/C11H20O.2C11H16O.C10H18O.C10H14O.C10H20O.C9H18O.C9H12O.C9H18O.C8H16O.C8H18O.C6H14O.C5H12O/c1-2-12-6-5-11-8-9-3-4-10(11)7-9;1-10(2)12-9-8-11-6-4-3-5-7-11;1-3-10(2)12-9-11-7-5-4-6-8-11;1-2-11-7-10-6-8-3-4-9(10)5-8;1-9(2)11-8-10-6-4-3-5-7-10;1-2-11-9-8-10-6-4-3-5-7-10;2*1-8(2)10-9-6-4-3-5-7-9;1-2-10-8-9-6-4-3-5-7-9;1-7(2)9-8-5-3-4-6-8;1-4-6-8(3)9-7-5-2;1-5-7-6(2,3)4;1-5(2,3)6-4/h9-11H,2-8H2,1H3;3-7,10H,8-9H2,1-2H3;4-8,10H,3,9H2,1-2H3;8-10H,2-7H2,1H3;3-7,9H,8H2,1-2H3;10H,2-9H2,1H3;8-9H,3-7H2,1-2H3;3-8H,1-2H3;9H,2-8H2,1H3;7-8H,3-6H2,1-2H3;8H,4-7H2,1-3H3;5H2,1-4H3;1-4H3. The molecule has 4 aromatic rings. The van der Waals surface area contributed by atoms with Gasteiger partial charge in [0.25, 0.3) is 0 Å². The van der Waals surface area contributed by atoms with E-state index in [1.54, 1.807) is 7.11 Å². The van der Waals surface area contributed by atoms with Gasteiger partial charge < -0.3 is 61.6 Å². The summed E-state index contributed by atoms with van der Waals surface area (Å²) in [5, 5.41) is 0. The highest BCUT2D eigenvalue weighted by Crippen LogP contribution is 2.50. The first-order chi connectivity index (χ1) is 62.4. The molecule has 8 fully saturated rings. The highest BCUT2D eigenvalue weighted by atomic mass is 16.5. The van der Waals surface area contributed by atoms with Crippen molar-refractivity contribution in [3.8, 4) is 5.75 Å². The summed E-state index contributed by atoms with van der Waals surface area (Å²) in [5.74, 6) is 9.04. The molecule has 8 atom stereocenters. The molecule has 13 heteroatoms. The zero-order valence-corrected chi connectivity index (χ0v) is 89.9. The Morgan fingerprint density at radius 2 is 0.738 bits per heavy atom. The van der Waals surface area contributed by atoms with Crippen LogP contribution in [-0.2, 0) is 76.5 Å². The highest BCUT2D eigenvalue weighted by molar-refractivity contribution is 5.21. The second kappa shape index (κ2) is 84.5. The fourth-order valence-electron chi connectivity index (χ4n) is 17.3. The molecule has 0 aliphatic heterocycles. The fourth-order valence-corrected chi connectivity index (χ4v) is 17.3. The van der Waals surface area contributed by atoms with Gasteiger partial charge in [-0.25, -0.2) is 0 Å². The Morgan fingerprint density at radius 3 is 1.11 bits per heavy atom. The third-order valence-corrected chi connectivity index (χ3v) is 24.5. The molecule has 0 radical (unpaired) electrons. The van der Waals surface area contributed by atoms with Crippen molar-refractivity contribution >= 4 is 0 Å². The van der Waals surface area contributed by atoms with E-state index < -0.39 is 0 Å². The number of fused-ring (bicyclic) bond motifs is 4. The smallest absolute Gasteiger partial charge is 0.119 e. The molecule has 4 bridgehead atoms. The monoisotopic (exact) mass is 1830 g/mol. The van der Waals surface area contributed by atoms with Gasteiger partial charge in [-0.3, -0.25) is 0 Å². The second-order valence-electron chi connectivity index (χ2n) is 40.5. The third kappa shape index (κ3) is 78.3. The van der Waals surface area contributed by atoms with Crippen molar-refractivity contribution in [2.24, 2.45) is 47.3 Å². The van der Waals surface area contributed by atoms with Gasteiger partial charge in [-0.1, -0.05) is 233 Å². The maximum atomic E-state index is 5.69. The zero-order valence-electron chi connectivity index (χ0n) is 89.9. The lowest BCUT2D eigenvalue weighted by atomic mass is 9.87. The summed E-state index contributed by atoms with van der Waals surface area (Å²) in [6.07, 6.45) is 50.5. The summed E-state index contributed by atoms with van der Waals surface area (Å²) < 4.78 is 70.3. The summed E-state index contributed by atoms with van der Waals surface area (Å²) in [6.45, 7) is 65.5. The molecule has 0 spiro atoms. The third-order valence-electron chi connectivity index (χ3n) is 24.5. The lowest BCUT2D eigenvalue weighted by Gasteiger charge is -2.23. The molecule has 0 aromatic heterocycles. The minimum Gasteiger partial charge on any atom is -0.491 e. The van der Waals surface area contributed by atoms with Crippen molar-refractivity contribution in [1.82, 2.24) is 0 Å². The Labute approximate surface area is 805 Å². The van der Waals surface area contributed by atoms with E-state index in [0.29, 0.717) is 48.8 Å². The molecule has 0 N–H and O–H groups in total. The molecule has 8 aliphatic carbocycles. The Kier molecular flexibility index (Phi) is 82.0. The molecule has 0 amide bonds. The van der Waals surface area contributed by atoms with E-state index >= 15 is 0 Å². The molecular formula is C117H212O13. The summed E-state index contributed by atoms with van der Waals surface area (Å²) >= 11 is 0. The maximum Gasteiger partial charge on any atom is 0.119 e. The van der Waals surface area contributed by atoms with Crippen LogP contribution < -0.4 is 4.74 Å². The molecule has 8 unspecified atom stereocenters. The van der Waals surface area contributed by atoms with E-state index in [1.165, 1.54) is 216 Å². The lowest BCUT2D eigenvalue weighted by Crippen LogP contribution is -2.20. The first kappa shape index (κ1) is 126. The molecule has 0 heterocycles. The molecule has 13 nitrogen and oxygen atoms in total. The van der Waals surface area contributed by atoms with Gasteiger partial charge in [0.15, 0.2) is 0 Å². The van der Waals surface area contributed by atoms with Crippen molar-refractivity contribution in [2.45, 2.75) is 478 Å². The van der Waals surface area contributed by atoms with Gasteiger partial charge in [0.2, 0.25) is 0 Å². The van der Waals surface area contributed by atoms with E-state index in [0.717, 1.165) is 158 Å². The second-order valence-corrected chi connectivity index (χ2v) is 40.5.